The first kappa shape index (κ1) is 12.4. The number of hydrogen-bond donors (Lipinski definition) is 1. The van der Waals surface area contributed by atoms with Crippen molar-refractivity contribution in [1.29, 1.82) is 0 Å². The molecule has 0 aliphatic rings. The number of halogens is 1. The average molecular weight is 263 g/mol. The van der Waals surface area contributed by atoms with Gasteiger partial charge in [-0.15, -0.1) is 0 Å². The number of benzene rings is 2. The number of nitro groups is 1. The van der Waals surface area contributed by atoms with Gasteiger partial charge in [0.15, 0.2) is 0 Å². The molecule has 92 valence electrons. The number of aryl methyl sites for hydroxylation is 1. The van der Waals surface area contributed by atoms with Gasteiger partial charge in [-0.2, -0.15) is 0 Å². The van der Waals surface area contributed by atoms with Gasteiger partial charge in [0.1, 0.15) is 5.69 Å². The van der Waals surface area contributed by atoms with Crippen LogP contribution in [0.2, 0.25) is 5.02 Å². The lowest BCUT2D eigenvalue weighted by Gasteiger charge is -2.08. The summed E-state index contributed by atoms with van der Waals surface area (Å²) >= 11 is 5.76. The molecule has 0 heterocycles. The van der Waals surface area contributed by atoms with Crippen LogP contribution >= 0.6 is 11.6 Å². The molecule has 0 aliphatic heterocycles. The maximum atomic E-state index is 10.9. The van der Waals surface area contributed by atoms with Crippen LogP contribution in [0, 0.1) is 17.0 Å². The van der Waals surface area contributed by atoms with Crippen LogP contribution < -0.4 is 5.32 Å². The molecule has 0 spiro atoms. The smallest absolute Gasteiger partial charge is 0.294 e. The second-order valence-corrected chi connectivity index (χ2v) is 4.35. The molecule has 0 aliphatic carbocycles. The third kappa shape index (κ3) is 2.78. The molecule has 4 nitrogen and oxygen atoms in total. The molecule has 2 rings (SSSR count). The van der Waals surface area contributed by atoms with E-state index in [4.69, 9.17) is 11.6 Å². The van der Waals surface area contributed by atoms with Gasteiger partial charge in [0, 0.05) is 16.8 Å². The fourth-order valence-corrected chi connectivity index (χ4v) is 1.81. The van der Waals surface area contributed by atoms with E-state index in [0.717, 1.165) is 11.3 Å². The van der Waals surface area contributed by atoms with E-state index in [1.165, 1.54) is 6.07 Å². The predicted molar refractivity (Wildman–Crippen MR) is 72.6 cm³/mol. The quantitative estimate of drug-likeness (QED) is 0.663. The van der Waals surface area contributed by atoms with Gasteiger partial charge in [0.25, 0.3) is 5.69 Å². The highest BCUT2D eigenvalue weighted by Crippen LogP contribution is 2.30. The minimum atomic E-state index is -0.454. The molecular formula is C13H11ClN2O2. The van der Waals surface area contributed by atoms with Crippen LogP contribution in [0.3, 0.4) is 0 Å². The Kier molecular flexibility index (Phi) is 3.48. The van der Waals surface area contributed by atoms with Gasteiger partial charge in [0.05, 0.1) is 4.92 Å². The SMILES string of the molecule is Cc1cccc(Nc2ccc(Cl)cc2[N+](=O)[O-])c1. The molecular weight excluding hydrogens is 252 g/mol. The van der Waals surface area contributed by atoms with E-state index in [0.29, 0.717) is 10.7 Å². The second-order valence-electron chi connectivity index (χ2n) is 3.91. The first-order valence-corrected chi connectivity index (χ1v) is 5.72. The monoisotopic (exact) mass is 262 g/mol. The summed E-state index contributed by atoms with van der Waals surface area (Å²) in [5.41, 5.74) is 2.27. The fraction of sp³-hybridized carbons (Fsp3) is 0.0769. The first-order chi connectivity index (χ1) is 8.56. The summed E-state index contributed by atoms with van der Waals surface area (Å²) in [6.07, 6.45) is 0. The molecule has 0 fully saturated rings. The standard InChI is InChI=1S/C13H11ClN2O2/c1-9-3-2-4-11(7-9)15-12-6-5-10(14)8-13(12)16(17)18/h2-8,15H,1H3. The second kappa shape index (κ2) is 5.06. The van der Waals surface area contributed by atoms with Crippen molar-refractivity contribution >= 4 is 28.7 Å². The predicted octanol–water partition coefficient (Wildman–Crippen LogP) is 4.30. The van der Waals surface area contributed by atoms with Gasteiger partial charge in [-0.05, 0) is 36.8 Å². The number of nitrogens with zero attached hydrogens (tertiary/aromatic N) is 1. The minimum Gasteiger partial charge on any atom is -0.350 e. The summed E-state index contributed by atoms with van der Waals surface area (Å²) in [4.78, 5) is 10.5. The van der Waals surface area contributed by atoms with Crippen LogP contribution in [-0.2, 0) is 0 Å². The van der Waals surface area contributed by atoms with Crippen molar-refractivity contribution in [1.82, 2.24) is 0 Å². The van der Waals surface area contributed by atoms with E-state index in [1.54, 1.807) is 12.1 Å². The Morgan fingerprint density at radius 3 is 2.67 bits per heavy atom. The Hall–Kier alpha value is -2.07. The molecule has 2 aromatic rings. The largest absolute Gasteiger partial charge is 0.350 e. The van der Waals surface area contributed by atoms with Crippen molar-refractivity contribution in [2.24, 2.45) is 0 Å². The molecule has 0 saturated carbocycles. The van der Waals surface area contributed by atoms with Gasteiger partial charge in [-0.3, -0.25) is 10.1 Å². The first-order valence-electron chi connectivity index (χ1n) is 5.34. The summed E-state index contributed by atoms with van der Waals surface area (Å²) in [5, 5.41) is 14.3. The van der Waals surface area contributed by atoms with E-state index in [-0.39, 0.29) is 5.69 Å². The van der Waals surface area contributed by atoms with Crippen LogP contribution in [0.15, 0.2) is 42.5 Å². The molecule has 0 aromatic heterocycles. The van der Waals surface area contributed by atoms with Gasteiger partial charge in [0.2, 0.25) is 0 Å². The van der Waals surface area contributed by atoms with E-state index in [2.05, 4.69) is 5.32 Å². The lowest BCUT2D eigenvalue weighted by molar-refractivity contribution is -0.383. The molecule has 0 radical (unpaired) electrons. The highest BCUT2D eigenvalue weighted by molar-refractivity contribution is 6.30. The zero-order valence-electron chi connectivity index (χ0n) is 9.68. The van der Waals surface area contributed by atoms with Gasteiger partial charge >= 0.3 is 0 Å². The third-order valence-electron chi connectivity index (χ3n) is 2.45. The summed E-state index contributed by atoms with van der Waals surface area (Å²) in [7, 11) is 0. The van der Waals surface area contributed by atoms with Crippen molar-refractivity contribution in [3.63, 3.8) is 0 Å². The average Bonchev–Trinajstić information content (AvgIpc) is 2.31. The van der Waals surface area contributed by atoms with Crippen LogP contribution in [-0.4, -0.2) is 4.92 Å². The number of anilines is 2. The van der Waals surface area contributed by atoms with Gasteiger partial charge in [-0.25, -0.2) is 0 Å². The molecule has 18 heavy (non-hydrogen) atoms. The minimum absolute atomic E-state index is 0.0380. The van der Waals surface area contributed by atoms with E-state index >= 15 is 0 Å². The molecule has 0 unspecified atom stereocenters. The van der Waals surface area contributed by atoms with Crippen molar-refractivity contribution in [2.75, 3.05) is 5.32 Å². The van der Waals surface area contributed by atoms with Crippen LogP contribution in [0.4, 0.5) is 17.1 Å². The van der Waals surface area contributed by atoms with Crippen molar-refractivity contribution in [3.05, 3.63) is 63.2 Å². The Balaban J connectivity index is 2.37. The summed E-state index contributed by atoms with van der Waals surface area (Å²) in [6.45, 7) is 1.96. The highest BCUT2D eigenvalue weighted by Gasteiger charge is 2.14. The van der Waals surface area contributed by atoms with E-state index in [9.17, 15) is 10.1 Å². The van der Waals surface area contributed by atoms with E-state index < -0.39 is 4.92 Å². The lowest BCUT2D eigenvalue weighted by Crippen LogP contribution is -1.97. The van der Waals surface area contributed by atoms with Crippen molar-refractivity contribution in [2.45, 2.75) is 6.92 Å². The van der Waals surface area contributed by atoms with Crippen LogP contribution in [0.5, 0.6) is 0 Å². The van der Waals surface area contributed by atoms with Gasteiger partial charge in [-0.1, -0.05) is 23.7 Å². The van der Waals surface area contributed by atoms with Crippen molar-refractivity contribution < 1.29 is 4.92 Å². The Labute approximate surface area is 109 Å². The topological polar surface area (TPSA) is 55.2 Å². The van der Waals surface area contributed by atoms with E-state index in [1.807, 2.05) is 31.2 Å². The Bertz CT molecular complexity index is 599. The summed E-state index contributed by atoms with van der Waals surface area (Å²) < 4.78 is 0. The van der Waals surface area contributed by atoms with Gasteiger partial charge < -0.3 is 5.32 Å². The van der Waals surface area contributed by atoms with Crippen LogP contribution in [0.1, 0.15) is 5.56 Å². The molecule has 0 saturated heterocycles. The molecule has 2 aromatic carbocycles. The van der Waals surface area contributed by atoms with Crippen molar-refractivity contribution in [3.8, 4) is 0 Å². The maximum absolute atomic E-state index is 10.9. The molecule has 5 heteroatoms. The number of nitrogens with one attached hydrogen (secondary N) is 1. The normalized spacial score (nSPS) is 10.1. The maximum Gasteiger partial charge on any atom is 0.294 e. The number of rotatable bonds is 3. The molecule has 1 N–H and O–H groups in total. The zero-order chi connectivity index (χ0) is 13.1. The Morgan fingerprint density at radius 2 is 2.00 bits per heavy atom. The third-order valence-corrected chi connectivity index (χ3v) is 2.69. The Morgan fingerprint density at radius 1 is 1.22 bits per heavy atom. The molecule has 0 atom stereocenters. The summed E-state index contributed by atoms with van der Waals surface area (Å²) in [6, 6.07) is 12.2. The number of nitro benzene ring substituents is 1. The highest BCUT2D eigenvalue weighted by atomic mass is 35.5. The molecule has 0 amide bonds. The fourth-order valence-electron chi connectivity index (χ4n) is 1.64. The summed E-state index contributed by atoms with van der Waals surface area (Å²) in [5.74, 6) is 0. The van der Waals surface area contributed by atoms with Crippen LogP contribution in [0.25, 0.3) is 0 Å². The molecule has 0 bridgehead atoms. The lowest BCUT2D eigenvalue weighted by atomic mass is 10.2. The number of hydrogen-bond acceptors (Lipinski definition) is 3. The zero-order valence-corrected chi connectivity index (χ0v) is 10.4.